The van der Waals surface area contributed by atoms with E-state index in [4.69, 9.17) is 7.85 Å². The molecule has 0 N–H and O–H groups in total. The first-order valence-corrected chi connectivity index (χ1v) is 5.56. The van der Waals surface area contributed by atoms with Crippen molar-refractivity contribution in [2.24, 2.45) is 5.41 Å². The Morgan fingerprint density at radius 3 is 2.25 bits per heavy atom. The highest BCUT2D eigenvalue weighted by Crippen LogP contribution is 2.50. The molecule has 0 aromatic rings. The molecule has 0 aliphatic heterocycles. The van der Waals surface area contributed by atoms with Crippen LogP contribution in [0.5, 0.6) is 0 Å². The fourth-order valence-corrected chi connectivity index (χ4v) is 3.26. The third-order valence-electron chi connectivity index (χ3n) is 3.89. The summed E-state index contributed by atoms with van der Waals surface area (Å²) in [6.07, 6.45) is 12.8. The maximum absolute atomic E-state index is 6.04. The van der Waals surface area contributed by atoms with E-state index in [0.29, 0.717) is 11.2 Å². The Hall–Kier alpha value is 0.0649. The first kappa shape index (κ1) is 8.65. The fraction of sp³-hybridized carbons (Fsp3) is 1.00. The molecule has 2 aliphatic rings. The Bertz CT molecular complexity index is 142. The minimum atomic E-state index is 0.525. The molecule has 1 atom stereocenters. The summed E-state index contributed by atoms with van der Waals surface area (Å²) in [4.78, 5) is 0. The standard InChI is InChI=1S/C11H19B/c12-10-5-4-8-11(9-10)6-2-1-3-7-11/h10H,1-9H2. The van der Waals surface area contributed by atoms with Gasteiger partial charge in [-0.25, -0.2) is 0 Å². The van der Waals surface area contributed by atoms with Crippen LogP contribution in [0.1, 0.15) is 57.8 Å². The van der Waals surface area contributed by atoms with E-state index < -0.39 is 0 Å². The molecule has 0 nitrogen and oxygen atoms in total. The fourth-order valence-electron chi connectivity index (χ4n) is 3.26. The summed E-state index contributed by atoms with van der Waals surface area (Å²) in [5, 5.41) is 0. The van der Waals surface area contributed by atoms with Crippen LogP contribution in [0.15, 0.2) is 0 Å². The summed E-state index contributed by atoms with van der Waals surface area (Å²) in [6, 6.07) is 0. The molecule has 2 aliphatic carbocycles. The predicted molar refractivity (Wildman–Crippen MR) is 53.5 cm³/mol. The van der Waals surface area contributed by atoms with E-state index in [1.54, 1.807) is 0 Å². The monoisotopic (exact) mass is 162 g/mol. The molecule has 66 valence electrons. The second-order valence-electron chi connectivity index (χ2n) is 4.92. The molecule has 0 heterocycles. The Kier molecular flexibility index (Phi) is 2.48. The number of hydrogen-bond acceptors (Lipinski definition) is 0. The average molecular weight is 162 g/mol. The maximum Gasteiger partial charge on any atom is 0.0699 e. The highest BCUT2D eigenvalue weighted by Gasteiger charge is 2.35. The van der Waals surface area contributed by atoms with Gasteiger partial charge in [0.25, 0.3) is 0 Å². The first-order valence-electron chi connectivity index (χ1n) is 5.56. The van der Waals surface area contributed by atoms with Gasteiger partial charge in [-0.2, -0.15) is 0 Å². The minimum Gasteiger partial charge on any atom is -0.0769 e. The van der Waals surface area contributed by atoms with Crippen molar-refractivity contribution in [3.63, 3.8) is 0 Å². The van der Waals surface area contributed by atoms with Gasteiger partial charge in [-0.15, -0.1) is 0 Å². The molecule has 0 amide bonds. The number of hydrogen-bond donors (Lipinski definition) is 0. The second kappa shape index (κ2) is 3.43. The van der Waals surface area contributed by atoms with Gasteiger partial charge in [0.05, 0.1) is 7.85 Å². The van der Waals surface area contributed by atoms with E-state index in [-0.39, 0.29) is 0 Å². The van der Waals surface area contributed by atoms with Crippen molar-refractivity contribution in [1.29, 1.82) is 0 Å². The van der Waals surface area contributed by atoms with Crippen LogP contribution in [0, 0.1) is 5.41 Å². The van der Waals surface area contributed by atoms with Gasteiger partial charge in [-0.05, 0) is 24.7 Å². The summed E-state index contributed by atoms with van der Waals surface area (Å²) >= 11 is 0. The highest BCUT2D eigenvalue weighted by atomic mass is 14.4. The van der Waals surface area contributed by atoms with E-state index in [9.17, 15) is 0 Å². The van der Waals surface area contributed by atoms with Crippen molar-refractivity contribution in [2.45, 2.75) is 63.6 Å². The lowest BCUT2D eigenvalue weighted by molar-refractivity contribution is 0.125. The lowest BCUT2D eigenvalue weighted by Crippen LogP contribution is -2.29. The zero-order chi connectivity index (χ0) is 8.44. The predicted octanol–water partition coefficient (Wildman–Crippen LogP) is 3.47. The van der Waals surface area contributed by atoms with Crippen LogP contribution >= 0.6 is 0 Å². The Labute approximate surface area is 77.5 Å². The van der Waals surface area contributed by atoms with E-state index in [1.807, 2.05) is 0 Å². The van der Waals surface area contributed by atoms with Gasteiger partial charge in [0.2, 0.25) is 0 Å². The number of rotatable bonds is 0. The molecule has 0 aromatic heterocycles. The largest absolute Gasteiger partial charge is 0.0769 e. The van der Waals surface area contributed by atoms with Crippen LogP contribution in [0.2, 0.25) is 5.82 Å². The molecule has 1 heteroatoms. The molecule has 2 fully saturated rings. The van der Waals surface area contributed by atoms with Gasteiger partial charge in [0, 0.05) is 0 Å². The molecule has 2 rings (SSSR count). The molecule has 12 heavy (non-hydrogen) atoms. The Balaban J connectivity index is 1.97. The zero-order valence-corrected chi connectivity index (χ0v) is 8.02. The van der Waals surface area contributed by atoms with E-state index in [2.05, 4.69) is 0 Å². The van der Waals surface area contributed by atoms with Crippen LogP contribution in [-0.4, -0.2) is 7.85 Å². The van der Waals surface area contributed by atoms with Crippen LogP contribution < -0.4 is 0 Å². The maximum atomic E-state index is 6.04. The minimum absolute atomic E-state index is 0.525. The molecule has 2 saturated carbocycles. The summed E-state index contributed by atoms with van der Waals surface area (Å²) < 4.78 is 0. The summed E-state index contributed by atoms with van der Waals surface area (Å²) in [6.45, 7) is 0. The molecule has 1 spiro atoms. The summed E-state index contributed by atoms with van der Waals surface area (Å²) in [5.74, 6) is 0.525. The van der Waals surface area contributed by atoms with Crippen molar-refractivity contribution in [3.8, 4) is 0 Å². The topological polar surface area (TPSA) is 0 Å². The van der Waals surface area contributed by atoms with Gasteiger partial charge >= 0.3 is 0 Å². The van der Waals surface area contributed by atoms with Gasteiger partial charge in [0.1, 0.15) is 0 Å². The van der Waals surface area contributed by atoms with Crippen LogP contribution in [0.4, 0.5) is 0 Å². The van der Waals surface area contributed by atoms with Gasteiger partial charge in [0.15, 0.2) is 0 Å². The lowest BCUT2D eigenvalue weighted by Gasteiger charge is -2.43. The van der Waals surface area contributed by atoms with Gasteiger partial charge in [-0.1, -0.05) is 44.3 Å². The SMILES string of the molecule is [B]C1CCCC2(CCCCC2)C1. The van der Waals surface area contributed by atoms with Gasteiger partial charge < -0.3 is 0 Å². The Morgan fingerprint density at radius 2 is 1.58 bits per heavy atom. The van der Waals surface area contributed by atoms with Crippen LogP contribution in [0.25, 0.3) is 0 Å². The molecule has 0 saturated heterocycles. The first-order chi connectivity index (χ1) is 5.81. The Morgan fingerprint density at radius 1 is 0.917 bits per heavy atom. The summed E-state index contributed by atoms with van der Waals surface area (Å²) in [7, 11) is 6.04. The lowest BCUT2D eigenvalue weighted by atomic mass is 9.58. The molecular weight excluding hydrogens is 143 g/mol. The normalized spacial score (nSPS) is 35.2. The van der Waals surface area contributed by atoms with Crippen LogP contribution in [-0.2, 0) is 0 Å². The van der Waals surface area contributed by atoms with Crippen molar-refractivity contribution < 1.29 is 0 Å². The highest BCUT2D eigenvalue weighted by molar-refractivity contribution is 6.11. The molecule has 0 aromatic carbocycles. The van der Waals surface area contributed by atoms with E-state index in [1.165, 1.54) is 57.8 Å². The quantitative estimate of drug-likeness (QED) is 0.478. The molecular formula is C11H19B. The van der Waals surface area contributed by atoms with Crippen molar-refractivity contribution >= 4 is 7.85 Å². The van der Waals surface area contributed by atoms with Crippen LogP contribution in [0.3, 0.4) is 0 Å². The van der Waals surface area contributed by atoms with E-state index >= 15 is 0 Å². The van der Waals surface area contributed by atoms with Crippen molar-refractivity contribution in [2.75, 3.05) is 0 Å². The van der Waals surface area contributed by atoms with E-state index in [0.717, 1.165) is 0 Å². The molecule has 1 unspecified atom stereocenters. The second-order valence-corrected chi connectivity index (χ2v) is 4.92. The molecule has 2 radical (unpaired) electrons. The molecule has 0 bridgehead atoms. The zero-order valence-electron chi connectivity index (χ0n) is 8.02. The third-order valence-corrected chi connectivity index (χ3v) is 3.89. The van der Waals surface area contributed by atoms with Crippen molar-refractivity contribution in [1.82, 2.24) is 0 Å². The smallest absolute Gasteiger partial charge is 0.0699 e. The third kappa shape index (κ3) is 1.70. The summed E-state index contributed by atoms with van der Waals surface area (Å²) in [5.41, 5.74) is 0.704. The average Bonchev–Trinajstić information content (AvgIpc) is 2.05. The van der Waals surface area contributed by atoms with Crippen molar-refractivity contribution in [3.05, 3.63) is 0 Å². The van der Waals surface area contributed by atoms with Gasteiger partial charge in [-0.3, -0.25) is 0 Å².